The SMILES string of the molecule is CCC1(C)CN(CCCCC(C)C)C(C(C)C)CN1. The average molecular weight is 268 g/mol. The first-order valence-electron chi connectivity index (χ1n) is 8.37. The Morgan fingerprint density at radius 2 is 1.89 bits per heavy atom. The molecule has 2 unspecified atom stereocenters. The smallest absolute Gasteiger partial charge is 0.0278 e. The molecular weight excluding hydrogens is 232 g/mol. The Hall–Kier alpha value is -0.0800. The molecule has 0 saturated carbocycles. The first-order chi connectivity index (χ1) is 8.88. The van der Waals surface area contributed by atoms with Crippen LogP contribution in [0.1, 0.15) is 67.2 Å². The van der Waals surface area contributed by atoms with E-state index in [1.807, 2.05) is 0 Å². The van der Waals surface area contributed by atoms with Gasteiger partial charge in [0.15, 0.2) is 0 Å². The lowest BCUT2D eigenvalue weighted by Gasteiger charge is -2.47. The summed E-state index contributed by atoms with van der Waals surface area (Å²) in [6.07, 6.45) is 5.35. The van der Waals surface area contributed by atoms with E-state index < -0.39 is 0 Å². The lowest BCUT2D eigenvalue weighted by Crippen LogP contribution is -2.63. The molecule has 2 nitrogen and oxygen atoms in total. The van der Waals surface area contributed by atoms with E-state index in [1.54, 1.807) is 0 Å². The molecule has 1 heterocycles. The van der Waals surface area contributed by atoms with Gasteiger partial charge in [0, 0.05) is 24.7 Å². The first kappa shape index (κ1) is 17.0. The Morgan fingerprint density at radius 3 is 2.42 bits per heavy atom. The number of rotatable bonds is 7. The van der Waals surface area contributed by atoms with Crippen LogP contribution in [-0.4, -0.2) is 36.1 Å². The fraction of sp³-hybridized carbons (Fsp3) is 1.00. The molecule has 1 aliphatic rings. The molecule has 1 N–H and O–H groups in total. The maximum absolute atomic E-state index is 3.77. The summed E-state index contributed by atoms with van der Waals surface area (Å²) in [5, 5.41) is 3.77. The fourth-order valence-electron chi connectivity index (χ4n) is 3.11. The van der Waals surface area contributed by atoms with E-state index >= 15 is 0 Å². The quantitative estimate of drug-likeness (QED) is 0.704. The molecule has 0 spiro atoms. The molecule has 1 fully saturated rings. The molecule has 1 saturated heterocycles. The van der Waals surface area contributed by atoms with Gasteiger partial charge in [-0.3, -0.25) is 4.90 Å². The largest absolute Gasteiger partial charge is 0.309 e. The van der Waals surface area contributed by atoms with E-state index in [1.165, 1.54) is 38.8 Å². The minimum Gasteiger partial charge on any atom is -0.309 e. The Morgan fingerprint density at radius 1 is 1.21 bits per heavy atom. The topological polar surface area (TPSA) is 15.3 Å². The average Bonchev–Trinajstić information content (AvgIpc) is 2.34. The Balaban J connectivity index is 2.47. The predicted molar refractivity (Wildman–Crippen MR) is 85.6 cm³/mol. The number of nitrogens with zero attached hydrogens (tertiary/aromatic N) is 1. The van der Waals surface area contributed by atoms with Crippen LogP contribution in [0.4, 0.5) is 0 Å². The minimum atomic E-state index is 0.323. The van der Waals surface area contributed by atoms with Crippen molar-refractivity contribution in [1.82, 2.24) is 10.2 Å². The third-order valence-electron chi connectivity index (χ3n) is 4.79. The summed E-state index contributed by atoms with van der Waals surface area (Å²) in [5.74, 6) is 1.60. The zero-order valence-electron chi connectivity index (χ0n) is 14.1. The molecule has 0 radical (unpaired) electrons. The molecule has 19 heavy (non-hydrogen) atoms. The maximum atomic E-state index is 3.77. The highest BCUT2D eigenvalue weighted by Gasteiger charge is 2.35. The van der Waals surface area contributed by atoms with E-state index in [2.05, 4.69) is 51.8 Å². The molecule has 2 atom stereocenters. The van der Waals surface area contributed by atoms with Crippen molar-refractivity contribution in [2.45, 2.75) is 78.8 Å². The van der Waals surface area contributed by atoms with Crippen molar-refractivity contribution in [3.05, 3.63) is 0 Å². The van der Waals surface area contributed by atoms with Gasteiger partial charge in [0.05, 0.1) is 0 Å². The van der Waals surface area contributed by atoms with Gasteiger partial charge < -0.3 is 5.32 Å². The number of piperazine rings is 1. The van der Waals surface area contributed by atoms with Crippen molar-refractivity contribution in [2.75, 3.05) is 19.6 Å². The predicted octanol–water partition coefficient (Wildman–Crippen LogP) is 3.91. The molecule has 0 amide bonds. The van der Waals surface area contributed by atoms with Gasteiger partial charge in [-0.1, -0.05) is 47.5 Å². The van der Waals surface area contributed by atoms with E-state index in [-0.39, 0.29) is 0 Å². The second-order valence-corrected chi connectivity index (χ2v) is 7.47. The molecule has 0 aliphatic carbocycles. The molecule has 0 aromatic rings. The summed E-state index contributed by atoms with van der Waals surface area (Å²) in [5.41, 5.74) is 0.323. The van der Waals surface area contributed by atoms with E-state index in [0.717, 1.165) is 24.4 Å². The van der Waals surface area contributed by atoms with Crippen molar-refractivity contribution in [2.24, 2.45) is 11.8 Å². The molecule has 0 aromatic carbocycles. The third-order valence-corrected chi connectivity index (χ3v) is 4.79. The summed E-state index contributed by atoms with van der Waals surface area (Å²) in [6.45, 7) is 17.7. The van der Waals surface area contributed by atoms with Crippen molar-refractivity contribution >= 4 is 0 Å². The normalized spacial score (nSPS) is 29.4. The molecule has 0 bridgehead atoms. The van der Waals surface area contributed by atoms with E-state index in [0.29, 0.717) is 5.54 Å². The maximum Gasteiger partial charge on any atom is 0.0278 e. The highest BCUT2D eigenvalue weighted by Crippen LogP contribution is 2.23. The molecule has 0 aromatic heterocycles. The Bertz CT molecular complexity index is 250. The van der Waals surface area contributed by atoms with Crippen LogP contribution < -0.4 is 5.32 Å². The van der Waals surface area contributed by atoms with Gasteiger partial charge in [-0.05, 0) is 38.1 Å². The van der Waals surface area contributed by atoms with Crippen LogP contribution in [0.3, 0.4) is 0 Å². The zero-order valence-corrected chi connectivity index (χ0v) is 14.1. The zero-order chi connectivity index (χ0) is 14.5. The van der Waals surface area contributed by atoms with Crippen LogP contribution in [0.2, 0.25) is 0 Å². The molecule has 114 valence electrons. The number of hydrogen-bond donors (Lipinski definition) is 1. The van der Waals surface area contributed by atoms with E-state index in [9.17, 15) is 0 Å². The third kappa shape index (κ3) is 5.43. The molecular formula is C17H36N2. The first-order valence-corrected chi connectivity index (χ1v) is 8.37. The highest BCUT2D eigenvalue weighted by atomic mass is 15.3. The minimum absolute atomic E-state index is 0.323. The number of hydrogen-bond acceptors (Lipinski definition) is 2. The second-order valence-electron chi connectivity index (χ2n) is 7.47. The Kier molecular flexibility index (Phi) is 6.82. The monoisotopic (exact) mass is 268 g/mol. The lowest BCUT2D eigenvalue weighted by molar-refractivity contribution is 0.0587. The van der Waals surface area contributed by atoms with Crippen LogP contribution in [0.15, 0.2) is 0 Å². The van der Waals surface area contributed by atoms with Crippen LogP contribution >= 0.6 is 0 Å². The number of unbranched alkanes of at least 4 members (excludes halogenated alkanes) is 1. The molecule has 1 aliphatic heterocycles. The highest BCUT2D eigenvalue weighted by molar-refractivity contribution is 4.95. The van der Waals surface area contributed by atoms with Crippen molar-refractivity contribution < 1.29 is 0 Å². The van der Waals surface area contributed by atoms with Crippen LogP contribution in [0, 0.1) is 11.8 Å². The summed E-state index contributed by atoms with van der Waals surface area (Å²) in [4.78, 5) is 2.75. The van der Waals surface area contributed by atoms with Crippen LogP contribution in [0.5, 0.6) is 0 Å². The van der Waals surface area contributed by atoms with Crippen LogP contribution in [0.25, 0.3) is 0 Å². The summed E-state index contributed by atoms with van der Waals surface area (Å²) in [7, 11) is 0. The van der Waals surface area contributed by atoms with E-state index in [4.69, 9.17) is 0 Å². The van der Waals surface area contributed by atoms with Crippen LogP contribution in [-0.2, 0) is 0 Å². The van der Waals surface area contributed by atoms with Gasteiger partial charge in [0.1, 0.15) is 0 Å². The second kappa shape index (κ2) is 7.64. The van der Waals surface area contributed by atoms with Crippen molar-refractivity contribution in [3.63, 3.8) is 0 Å². The standard InChI is InChI=1S/C17H36N2/c1-7-17(6)13-19(11-9-8-10-14(2)3)16(12-18-17)15(4)5/h14-16,18H,7-13H2,1-6H3. The Labute approximate surface area is 121 Å². The van der Waals surface area contributed by atoms with Crippen molar-refractivity contribution in [1.29, 1.82) is 0 Å². The lowest BCUT2D eigenvalue weighted by atomic mass is 9.89. The summed E-state index contributed by atoms with van der Waals surface area (Å²) >= 11 is 0. The fourth-order valence-corrected chi connectivity index (χ4v) is 3.11. The molecule has 1 rings (SSSR count). The van der Waals surface area contributed by atoms with Gasteiger partial charge in [0.2, 0.25) is 0 Å². The molecule has 2 heteroatoms. The summed E-state index contributed by atoms with van der Waals surface area (Å²) < 4.78 is 0. The van der Waals surface area contributed by atoms with Crippen molar-refractivity contribution in [3.8, 4) is 0 Å². The van der Waals surface area contributed by atoms with Gasteiger partial charge in [0.25, 0.3) is 0 Å². The number of nitrogens with one attached hydrogen (secondary N) is 1. The van der Waals surface area contributed by atoms with Gasteiger partial charge in [-0.15, -0.1) is 0 Å². The summed E-state index contributed by atoms with van der Waals surface area (Å²) in [6, 6.07) is 0.721. The van der Waals surface area contributed by atoms with Gasteiger partial charge in [-0.25, -0.2) is 0 Å². The van der Waals surface area contributed by atoms with Gasteiger partial charge >= 0.3 is 0 Å². The van der Waals surface area contributed by atoms with Gasteiger partial charge in [-0.2, -0.15) is 0 Å².